The molecular formula is C18H18BrClN2O3. The SMILES string of the molecule is CC(Oc1cccc(Cl)c1)C(=O)N(C)CC(=O)Nc1ccccc1Br. The van der Waals surface area contributed by atoms with Gasteiger partial charge in [-0.3, -0.25) is 9.59 Å². The molecule has 0 spiro atoms. The van der Waals surface area contributed by atoms with Crippen LogP contribution in [0.5, 0.6) is 5.75 Å². The highest BCUT2D eigenvalue weighted by atomic mass is 79.9. The highest BCUT2D eigenvalue weighted by Gasteiger charge is 2.21. The van der Waals surface area contributed by atoms with E-state index in [2.05, 4.69) is 21.2 Å². The highest BCUT2D eigenvalue weighted by molar-refractivity contribution is 9.10. The van der Waals surface area contributed by atoms with Crippen molar-refractivity contribution in [2.45, 2.75) is 13.0 Å². The molecule has 0 aliphatic rings. The van der Waals surface area contributed by atoms with Gasteiger partial charge in [0.15, 0.2) is 6.10 Å². The minimum atomic E-state index is -0.736. The van der Waals surface area contributed by atoms with E-state index < -0.39 is 6.10 Å². The predicted molar refractivity (Wildman–Crippen MR) is 102 cm³/mol. The normalized spacial score (nSPS) is 11.5. The largest absolute Gasteiger partial charge is 0.481 e. The summed E-state index contributed by atoms with van der Waals surface area (Å²) in [6, 6.07) is 14.1. The number of nitrogens with one attached hydrogen (secondary N) is 1. The Morgan fingerprint density at radius 2 is 1.96 bits per heavy atom. The molecule has 0 aromatic heterocycles. The molecule has 1 atom stereocenters. The lowest BCUT2D eigenvalue weighted by Gasteiger charge is -2.22. The Labute approximate surface area is 160 Å². The van der Waals surface area contributed by atoms with Crippen molar-refractivity contribution in [1.29, 1.82) is 0 Å². The molecule has 0 aliphatic heterocycles. The lowest BCUT2D eigenvalue weighted by molar-refractivity contribution is -0.139. The Balaban J connectivity index is 1.90. The summed E-state index contributed by atoms with van der Waals surface area (Å²) < 4.78 is 6.36. The minimum absolute atomic E-state index is 0.0799. The van der Waals surface area contributed by atoms with Gasteiger partial charge in [-0.05, 0) is 53.2 Å². The molecular weight excluding hydrogens is 408 g/mol. The van der Waals surface area contributed by atoms with Crippen molar-refractivity contribution in [3.8, 4) is 5.75 Å². The average Bonchev–Trinajstić information content (AvgIpc) is 2.56. The third-order valence-electron chi connectivity index (χ3n) is 3.36. The van der Waals surface area contributed by atoms with Gasteiger partial charge < -0.3 is 15.0 Å². The summed E-state index contributed by atoms with van der Waals surface area (Å²) in [6.45, 7) is 1.55. The number of benzene rings is 2. The van der Waals surface area contributed by atoms with Crippen molar-refractivity contribution >= 4 is 45.0 Å². The van der Waals surface area contributed by atoms with Crippen LogP contribution in [0.25, 0.3) is 0 Å². The molecule has 132 valence electrons. The second-order valence-electron chi connectivity index (χ2n) is 5.44. The van der Waals surface area contributed by atoms with E-state index in [1.807, 2.05) is 18.2 Å². The third kappa shape index (κ3) is 5.76. The van der Waals surface area contributed by atoms with Crippen molar-refractivity contribution in [2.24, 2.45) is 0 Å². The number of likely N-dealkylation sites (N-methyl/N-ethyl adjacent to an activating group) is 1. The maximum absolute atomic E-state index is 12.4. The van der Waals surface area contributed by atoms with E-state index in [1.54, 1.807) is 44.3 Å². The summed E-state index contributed by atoms with van der Waals surface area (Å²) in [4.78, 5) is 25.8. The first-order valence-corrected chi connectivity index (χ1v) is 8.75. The van der Waals surface area contributed by atoms with Crippen molar-refractivity contribution in [2.75, 3.05) is 18.9 Å². The van der Waals surface area contributed by atoms with Crippen molar-refractivity contribution in [3.05, 3.63) is 58.0 Å². The first-order valence-electron chi connectivity index (χ1n) is 7.58. The molecule has 2 rings (SSSR count). The van der Waals surface area contributed by atoms with Gasteiger partial charge in [-0.1, -0.05) is 29.8 Å². The Bertz CT molecular complexity index is 769. The summed E-state index contributed by atoms with van der Waals surface area (Å²) >= 11 is 9.26. The second-order valence-corrected chi connectivity index (χ2v) is 6.73. The molecule has 2 aromatic rings. The van der Waals surface area contributed by atoms with Gasteiger partial charge in [0.05, 0.1) is 12.2 Å². The molecule has 0 saturated heterocycles. The van der Waals surface area contributed by atoms with Gasteiger partial charge in [-0.2, -0.15) is 0 Å². The maximum Gasteiger partial charge on any atom is 0.263 e. The molecule has 0 saturated carbocycles. The van der Waals surface area contributed by atoms with Crippen molar-refractivity contribution in [3.63, 3.8) is 0 Å². The van der Waals surface area contributed by atoms with Gasteiger partial charge in [-0.15, -0.1) is 0 Å². The topological polar surface area (TPSA) is 58.6 Å². The van der Waals surface area contributed by atoms with E-state index in [0.29, 0.717) is 16.5 Å². The van der Waals surface area contributed by atoms with Crippen LogP contribution in [-0.4, -0.2) is 36.4 Å². The number of ether oxygens (including phenoxy) is 1. The number of amides is 2. The zero-order valence-electron chi connectivity index (χ0n) is 13.8. The van der Waals surface area contributed by atoms with E-state index in [9.17, 15) is 9.59 Å². The van der Waals surface area contributed by atoms with Crippen molar-refractivity contribution < 1.29 is 14.3 Å². The van der Waals surface area contributed by atoms with Crippen LogP contribution in [0, 0.1) is 0 Å². The Kier molecular flexibility index (Phi) is 6.84. The Hall–Kier alpha value is -2.05. The molecule has 0 fully saturated rings. The van der Waals surface area contributed by atoms with Gasteiger partial charge in [0.2, 0.25) is 5.91 Å². The van der Waals surface area contributed by atoms with Gasteiger partial charge >= 0.3 is 0 Å². The van der Waals surface area contributed by atoms with Gasteiger partial charge in [0, 0.05) is 16.5 Å². The number of hydrogen-bond acceptors (Lipinski definition) is 3. The molecule has 2 amide bonds. The summed E-state index contributed by atoms with van der Waals surface area (Å²) in [7, 11) is 1.56. The smallest absolute Gasteiger partial charge is 0.263 e. The van der Waals surface area contributed by atoms with Gasteiger partial charge in [-0.25, -0.2) is 0 Å². The fraction of sp³-hybridized carbons (Fsp3) is 0.222. The van der Waals surface area contributed by atoms with Crippen LogP contribution in [0.2, 0.25) is 5.02 Å². The van der Waals surface area contributed by atoms with Crippen LogP contribution >= 0.6 is 27.5 Å². The van der Waals surface area contributed by atoms with Crippen LogP contribution in [0.15, 0.2) is 53.0 Å². The molecule has 5 nitrogen and oxygen atoms in total. The number of halogens is 2. The van der Waals surface area contributed by atoms with E-state index in [4.69, 9.17) is 16.3 Å². The molecule has 25 heavy (non-hydrogen) atoms. The van der Waals surface area contributed by atoms with E-state index >= 15 is 0 Å². The molecule has 1 unspecified atom stereocenters. The number of hydrogen-bond donors (Lipinski definition) is 1. The quantitative estimate of drug-likeness (QED) is 0.762. The fourth-order valence-electron chi connectivity index (χ4n) is 2.15. The molecule has 2 aromatic carbocycles. The van der Waals surface area contributed by atoms with Crippen LogP contribution < -0.4 is 10.1 Å². The maximum atomic E-state index is 12.4. The van der Waals surface area contributed by atoms with Crippen molar-refractivity contribution in [1.82, 2.24) is 4.90 Å². The summed E-state index contributed by atoms with van der Waals surface area (Å²) in [5.41, 5.74) is 0.650. The molecule has 1 N–H and O–H groups in total. The number of nitrogens with zero attached hydrogens (tertiary/aromatic N) is 1. The average molecular weight is 426 g/mol. The van der Waals surface area contributed by atoms with Gasteiger partial charge in [0.1, 0.15) is 5.75 Å². The summed E-state index contributed by atoms with van der Waals surface area (Å²) in [5, 5.41) is 3.28. The molecule has 7 heteroatoms. The number of rotatable bonds is 6. The van der Waals surface area contributed by atoms with Gasteiger partial charge in [0.25, 0.3) is 5.91 Å². The van der Waals surface area contributed by atoms with E-state index in [0.717, 1.165) is 4.47 Å². The Morgan fingerprint density at radius 3 is 2.64 bits per heavy atom. The zero-order chi connectivity index (χ0) is 18.4. The lowest BCUT2D eigenvalue weighted by atomic mass is 10.3. The lowest BCUT2D eigenvalue weighted by Crippen LogP contribution is -2.42. The summed E-state index contributed by atoms with van der Waals surface area (Å²) in [5.74, 6) is -0.0978. The standard InChI is InChI=1S/C18H18BrClN2O3/c1-12(25-14-7-5-6-13(20)10-14)18(24)22(2)11-17(23)21-16-9-4-3-8-15(16)19/h3-10,12H,11H2,1-2H3,(H,21,23). The first kappa shape index (κ1) is 19.3. The third-order valence-corrected chi connectivity index (χ3v) is 4.29. The Morgan fingerprint density at radius 1 is 1.24 bits per heavy atom. The van der Waals surface area contributed by atoms with Crippen LogP contribution in [0.1, 0.15) is 6.92 Å². The van der Waals surface area contributed by atoms with Crippen LogP contribution in [-0.2, 0) is 9.59 Å². The minimum Gasteiger partial charge on any atom is -0.481 e. The van der Waals surface area contributed by atoms with Crippen LogP contribution in [0.4, 0.5) is 5.69 Å². The van der Waals surface area contributed by atoms with E-state index in [1.165, 1.54) is 4.90 Å². The monoisotopic (exact) mass is 424 g/mol. The first-order chi connectivity index (χ1) is 11.9. The highest BCUT2D eigenvalue weighted by Crippen LogP contribution is 2.21. The molecule has 0 aliphatic carbocycles. The number of para-hydroxylation sites is 1. The molecule has 0 bridgehead atoms. The number of anilines is 1. The number of carbonyl (C=O) groups is 2. The predicted octanol–water partition coefficient (Wildman–Crippen LogP) is 3.97. The zero-order valence-corrected chi connectivity index (χ0v) is 16.2. The fourth-order valence-corrected chi connectivity index (χ4v) is 2.72. The molecule has 0 heterocycles. The van der Waals surface area contributed by atoms with E-state index in [-0.39, 0.29) is 18.4 Å². The second kappa shape index (κ2) is 8.87. The summed E-state index contributed by atoms with van der Waals surface area (Å²) in [6.07, 6.45) is -0.736. The molecule has 0 radical (unpaired) electrons. The number of carbonyl (C=O) groups excluding carboxylic acids is 2. The van der Waals surface area contributed by atoms with Crippen LogP contribution in [0.3, 0.4) is 0 Å².